The van der Waals surface area contributed by atoms with E-state index in [2.05, 4.69) is 38.7 Å². The highest BCUT2D eigenvalue weighted by Gasteiger charge is 2.16. The molecule has 1 aromatic rings. The standard InChI is InChI=1S/C11H17NOS2/c1-4-9(7(2)3)12-11(13)10-5-8(14)6-15-10/h5-7,9,14H,4H2,1-3H3,(H,12,13). The number of rotatable bonds is 4. The first kappa shape index (κ1) is 12.6. The Bertz CT molecular complexity index is 333. The van der Waals surface area contributed by atoms with Gasteiger partial charge in [-0.05, 0) is 18.4 Å². The van der Waals surface area contributed by atoms with Gasteiger partial charge >= 0.3 is 0 Å². The van der Waals surface area contributed by atoms with Gasteiger partial charge in [-0.1, -0.05) is 20.8 Å². The average Bonchev–Trinajstić information content (AvgIpc) is 2.60. The maximum Gasteiger partial charge on any atom is 0.261 e. The molecule has 0 fully saturated rings. The molecule has 1 unspecified atom stereocenters. The summed E-state index contributed by atoms with van der Waals surface area (Å²) in [5.74, 6) is 0.482. The van der Waals surface area contributed by atoms with Gasteiger partial charge in [0.1, 0.15) is 0 Å². The highest BCUT2D eigenvalue weighted by Crippen LogP contribution is 2.18. The summed E-state index contributed by atoms with van der Waals surface area (Å²) in [6, 6.07) is 2.05. The van der Waals surface area contributed by atoms with Gasteiger partial charge in [-0.2, -0.15) is 0 Å². The van der Waals surface area contributed by atoms with Crippen LogP contribution in [0.2, 0.25) is 0 Å². The molecule has 0 aliphatic rings. The normalized spacial score (nSPS) is 12.9. The number of hydrogen-bond acceptors (Lipinski definition) is 3. The monoisotopic (exact) mass is 243 g/mol. The first-order chi connectivity index (χ1) is 7.04. The van der Waals surface area contributed by atoms with Crippen molar-refractivity contribution in [3.8, 4) is 0 Å². The number of carbonyl (C=O) groups is 1. The molecule has 1 heterocycles. The van der Waals surface area contributed by atoms with Crippen molar-refractivity contribution >= 4 is 29.9 Å². The van der Waals surface area contributed by atoms with Gasteiger partial charge in [-0.25, -0.2) is 0 Å². The number of thiophene rings is 1. The van der Waals surface area contributed by atoms with Crippen LogP contribution < -0.4 is 5.32 Å². The minimum Gasteiger partial charge on any atom is -0.348 e. The summed E-state index contributed by atoms with van der Waals surface area (Å²) in [4.78, 5) is 13.4. The van der Waals surface area contributed by atoms with Gasteiger partial charge in [-0.15, -0.1) is 24.0 Å². The Labute approximate surface area is 100 Å². The molecule has 1 amide bonds. The van der Waals surface area contributed by atoms with Crippen molar-refractivity contribution in [2.45, 2.75) is 38.1 Å². The van der Waals surface area contributed by atoms with Crippen molar-refractivity contribution < 1.29 is 4.79 Å². The Hall–Kier alpha value is -0.480. The van der Waals surface area contributed by atoms with Crippen LogP contribution in [0.3, 0.4) is 0 Å². The Morgan fingerprint density at radius 3 is 2.67 bits per heavy atom. The van der Waals surface area contributed by atoms with Gasteiger partial charge in [0.2, 0.25) is 0 Å². The molecule has 0 bridgehead atoms. The molecule has 15 heavy (non-hydrogen) atoms. The molecule has 84 valence electrons. The molecule has 0 saturated carbocycles. The zero-order valence-electron chi connectivity index (χ0n) is 9.28. The molecule has 1 rings (SSSR count). The molecular weight excluding hydrogens is 226 g/mol. The topological polar surface area (TPSA) is 29.1 Å². The molecule has 2 nitrogen and oxygen atoms in total. The summed E-state index contributed by atoms with van der Waals surface area (Å²) in [6.07, 6.45) is 0.961. The summed E-state index contributed by atoms with van der Waals surface area (Å²) in [6.45, 7) is 6.32. The molecule has 0 aliphatic heterocycles. The van der Waals surface area contributed by atoms with E-state index in [0.29, 0.717) is 5.92 Å². The third-order valence-corrected chi connectivity index (χ3v) is 3.73. The van der Waals surface area contributed by atoms with Crippen LogP contribution in [0.15, 0.2) is 16.3 Å². The Morgan fingerprint density at radius 2 is 2.27 bits per heavy atom. The van der Waals surface area contributed by atoms with Gasteiger partial charge in [0.15, 0.2) is 0 Å². The highest BCUT2D eigenvalue weighted by molar-refractivity contribution is 7.80. The lowest BCUT2D eigenvalue weighted by Crippen LogP contribution is -2.37. The van der Waals surface area contributed by atoms with Gasteiger partial charge in [0.25, 0.3) is 5.91 Å². The fourth-order valence-corrected chi connectivity index (χ4v) is 2.48. The second kappa shape index (κ2) is 5.56. The third-order valence-electron chi connectivity index (χ3n) is 2.37. The predicted octanol–water partition coefficient (Wildman–Crippen LogP) is 3.20. The van der Waals surface area contributed by atoms with Gasteiger partial charge in [0, 0.05) is 16.3 Å². The molecule has 0 spiro atoms. The Kier molecular flexibility index (Phi) is 4.67. The van der Waals surface area contributed by atoms with E-state index in [4.69, 9.17) is 0 Å². The summed E-state index contributed by atoms with van der Waals surface area (Å²) in [7, 11) is 0. The summed E-state index contributed by atoms with van der Waals surface area (Å²) in [5.41, 5.74) is 0. The van der Waals surface area contributed by atoms with Crippen molar-refractivity contribution in [2.24, 2.45) is 5.92 Å². The molecule has 1 atom stereocenters. The highest BCUT2D eigenvalue weighted by atomic mass is 32.1. The lowest BCUT2D eigenvalue weighted by molar-refractivity contribution is 0.0928. The van der Waals surface area contributed by atoms with Gasteiger partial charge in [0.05, 0.1) is 4.88 Å². The van der Waals surface area contributed by atoms with Crippen LogP contribution in [0, 0.1) is 5.92 Å². The zero-order chi connectivity index (χ0) is 11.4. The number of amides is 1. The maximum atomic E-state index is 11.8. The minimum atomic E-state index is 0.0147. The number of thiol groups is 1. The van der Waals surface area contributed by atoms with Crippen LogP contribution in [0.5, 0.6) is 0 Å². The van der Waals surface area contributed by atoms with E-state index in [1.807, 2.05) is 5.38 Å². The van der Waals surface area contributed by atoms with Gasteiger partial charge < -0.3 is 5.32 Å². The maximum absolute atomic E-state index is 11.8. The van der Waals surface area contributed by atoms with Crippen molar-refractivity contribution in [1.29, 1.82) is 0 Å². The molecule has 4 heteroatoms. The van der Waals surface area contributed by atoms with Crippen LogP contribution in [-0.2, 0) is 0 Å². The van der Waals surface area contributed by atoms with E-state index >= 15 is 0 Å². The van der Waals surface area contributed by atoms with E-state index in [0.717, 1.165) is 16.2 Å². The van der Waals surface area contributed by atoms with Gasteiger partial charge in [-0.3, -0.25) is 4.79 Å². The largest absolute Gasteiger partial charge is 0.348 e. The van der Waals surface area contributed by atoms with E-state index in [9.17, 15) is 4.79 Å². The Balaban J connectivity index is 2.62. The number of nitrogens with one attached hydrogen (secondary N) is 1. The summed E-state index contributed by atoms with van der Waals surface area (Å²) >= 11 is 5.62. The third kappa shape index (κ3) is 3.54. The molecule has 1 N–H and O–H groups in total. The second-order valence-electron chi connectivity index (χ2n) is 3.90. The molecule has 1 aromatic heterocycles. The summed E-state index contributed by atoms with van der Waals surface area (Å²) < 4.78 is 0. The minimum absolute atomic E-state index is 0.0147. The van der Waals surface area contributed by atoms with Crippen LogP contribution in [0.1, 0.15) is 36.9 Å². The van der Waals surface area contributed by atoms with E-state index in [1.165, 1.54) is 11.3 Å². The van der Waals surface area contributed by atoms with Crippen molar-refractivity contribution in [2.75, 3.05) is 0 Å². The lowest BCUT2D eigenvalue weighted by Gasteiger charge is -2.20. The van der Waals surface area contributed by atoms with Crippen molar-refractivity contribution in [1.82, 2.24) is 5.32 Å². The molecule has 0 saturated heterocycles. The summed E-state index contributed by atoms with van der Waals surface area (Å²) in [5, 5.41) is 4.90. The quantitative estimate of drug-likeness (QED) is 0.781. The van der Waals surface area contributed by atoms with Crippen LogP contribution in [0.4, 0.5) is 0 Å². The predicted molar refractivity (Wildman–Crippen MR) is 68.0 cm³/mol. The zero-order valence-corrected chi connectivity index (χ0v) is 11.0. The fourth-order valence-electron chi connectivity index (χ4n) is 1.42. The molecule has 0 aliphatic carbocycles. The molecule has 0 radical (unpaired) electrons. The van der Waals surface area contributed by atoms with E-state index in [-0.39, 0.29) is 11.9 Å². The lowest BCUT2D eigenvalue weighted by atomic mass is 10.0. The van der Waals surface area contributed by atoms with E-state index in [1.54, 1.807) is 6.07 Å². The molecule has 0 aromatic carbocycles. The number of hydrogen-bond donors (Lipinski definition) is 2. The average molecular weight is 243 g/mol. The van der Waals surface area contributed by atoms with Crippen LogP contribution in [-0.4, -0.2) is 11.9 Å². The van der Waals surface area contributed by atoms with Crippen molar-refractivity contribution in [3.63, 3.8) is 0 Å². The molecular formula is C11H17NOS2. The fraction of sp³-hybridized carbons (Fsp3) is 0.545. The van der Waals surface area contributed by atoms with Crippen LogP contribution >= 0.6 is 24.0 Å². The first-order valence-corrected chi connectivity index (χ1v) is 6.45. The van der Waals surface area contributed by atoms with Crippen molar-refractivity contribution in [3.05, 3.63) is 16.3 Å². The second-order valence-corrected chi connectivity index (χ2v) is 5.33. The van der Waals surface area contributed by atoms with E-state index < -0.39 is 0 Å². The number of carbonyl (C=O) groups excluding carboxylic acids is 1. The Morgan fingerprint density at radius 1 is 1.60 bits per heavy atom. The smallest absolute Gasteiger partial charge is 0.261 e. The first-order valence-electron chi connectivity index (χ1n) is 5.13. The van der Waals surface area contributed by atoms with Crippen LogP contribution in [0.25, 0.3) is 0 Å². The SMILES string of the molecule is CCC(NC(=O)c1cc(S)cs1)C(C)C.